The Morgan fingerprint density at radius 1 is 1.20 bits per heavy atom. The standard InChI is InChI=1S/C17H28ClNO/c1-5-20-11-10-15(13-19-17(2,3)4)12-14-6-8-16(18)9-7-14/h6-9,15,19H,5,10-13H2,1-4H3. The Hall–Kier alpha value is -0.570. The van der Waals surface area contributed by atoms with Gasteiger partial charge in [0.25, 0.3) is 0 Å². The van der Waals surface area contributed by atoms with Crippen molar-refractivity contribution in [1.29, 1.82) is 0 Å². The average Bonchev–Trinajstić information content (AvgIpc) is 2.37. The molecule has 1 aromatic carbocycles. The van der Waals surface area contributed by atoms with Gasteiger partial charge < -0.3 is 10.1 Å². The number of ether oxygens (including phenoxy) is 1. The molecule has 2 nitrogen and oxygen atoms in total. The second-order valence-electron chi connectivity index (χ2n) is 6.31. The van der Waals surface area contributed by atoms with E-state index in [0.29, 0.717) is 5.92 Å². The van der Waals surface area contributed by atoms with Crippen LogP contribution < -0.4 is 5.32 Å². The van der Waals surface area contributed by atoms with E-state index in [1.54, 1.807) is 0 Å². The zero-order valence-electron chi connectivity index (χ0n) is 13.2. The normalized spacial score (nSPS) is 13.4. The van der Waals surface area contributed by atoms with E-state index in [9.17, 15) is 0 Å². The van der Waals surface area contributed by atoms with E-state index in [2.05, 4.69) is 38.2 Å². The summed E-state index contributed by atoms with van der Waals surface area (Å²) in [6, 6.07) is 8.17. The fourth-order valence-corrected chi connectivity index (χ4v) is 2.20. The smallest absolute Gasteiger partial charge is 0.0469 e. The molecule has 0 fully saturated rings. The minimum absolute atomic E-state index is 0.157. The maximum absolute atomic E-state index is 5.94. The van der Waals surface area contributed by atoms with Crippen molar-refractivity contribution >= 4 is 11.6 Å². The summed E-state index contributed by atoms with van der Waals surface area (Å²) in [4.78, 5) is 0. The van der Waals surface area contributed by atoms with Crippen LogP contribution in [0.25, 0.3) is 0 Å². The molecule has 3 heteroatoms. The van der Waals surface area contributed by atoms with E-state index < -0.39 is 0 Å². The lowest BCUT2D eigenvalue weighted by Gasteiger charge is -2.25. The minimum Gasteiger partial charge on any atom is -0.382 e. The Labute approximate surface area is 128 Å². The van der Waals surface area contributed by atoms with Gasteiger partial charge in [0, 0.05) is 23.8 Å². The lowest BCUT2D eigenvalue weighted by atomic mass is 9.95. The fourth-order valence-electron chi connectivity index (χ4n) is 2.07. The Morgan fingerprint density at radius 3 is 2.40 bits per heavy atom. The van der Waals surface area contributed by atoms with E-state index in [4.69, 9.17) is 16.3 Å². The molecule has 20 heavy (non-hydrogen) atoms. The van der Waals surface area contributed by atoms with Crippen LogP contribution in [0.2, 0.25) is 5.02 Å². The van der Waals surface area contributed by atoms with Gasteiger partial charge in [-0.2, -0.15) is 0 Å². The van der Waals surface area contributed by atoms with Gasteiger partial charge in [0.2, 0.25) is 0 Å². The molecule has 0 saturated carbocycles. The summed E-state index contributed by atoms with van der Waals surface area (Å²) in [7, 11) is 0. The summed E-state index contributed by atoms with van der Waals surface area (Å²) in [5.41, 5.74) is 1.50. The molecule has 0 saturated heterocycles. The number of benzene rings is 1. The molecule has 0 bridgehead atoms. The molecule has 1 aromatic rings. The van der Waals surface area contributed by atoms with Crippen LogP contribution in [-0.4, -0.2) is 25.3 Å². The lowest BCUT2D eigenvalue weighted by molar-refractivity contribution is 0.130. The first-order valence-electron chi connectivity index (χ1n) is 7.48. The van der Waals surface area contributed by atoms with Crippen LogP contribution in [0.5, 0.6) is 0 Å². The van der Waals surface area contributed by atoms with Crippen molar-refractivity contribution in [2.75, 3.05) is 19.8 Å². The van der Waals surface area contributed by atoms with Crippen molar-refractivity contribution in [2.45, 2.75) is 46.1 Å². The average molecular weight is 298 g/mol. The monoisotopic (exact) mass is 297 g/mol. The second-order valence-corrected chi connectivity index (χ2v) is 6.75. The lowest BCUT2D eigenvalue weighted by Crippen LogP contribution is -2.39. The largest absolute Gasteiger partial charge is 0.382 e. The quantitative estimate of drug-likeness (QED) is 0.722. The molecule has 0 aliphatic heterocycles. The van der Waals surface area contributed by atoms with Crippen LogP contribution in [0.4, 0.5) is 0 Å². The summed E-state index contributed by atoms with van der Waals surface area (Å²) < 4.78 is 5.50. The molecule has 0 amide bonds. The zero-order valence-corrected chi connectivity index (χ0v) is 14.0. The van der Waals surface area contributed by atoms with Gasteiger partial charge in [-0.1, -0.05) is 23.7 Å². The van der Waals surface area contributed by atoms with Crippen LogP contribution >= 0.6 is 11.6 Å². The Bertz CT molecular complexity index is 370. The van der Waals surface area contributed by atoms with Crippen LogP contribution in [0, 0.1) is 5.92 Å². The van der Waals surface area contributed by atoms with Crippen LogP contribution in [-0.2, 0) is 11.2 Å². The van der Waals surface area contributed by atoms with E-state index >= 15 is 0 Å². The summed E-state index contributed by atoms with van der Waals surface area (Å²) >= 11 is 5.94. The van der Waals surface area contributed by atoms with Crippen LogP contribution in [0.3, 0.4) is 0 Å². The van der Waals surface area contributed by atoms with Gasteiger partial charge >= 0.3 is 0 Å². The van der Waals surface area contributed by atoms with Crippen molar-refractivity contribution in [2.24, 2.45) is 5.92 Å². The number of rotatable bonds is 8. The number of halogens is 1. The second kappa shape index (κ2) is 8.66. The highest BCUT2D eigenvalue weighted by Crippen LogP contribution is 2.16. The Morgan fingerprint density at radius 2 is 1.85 bits per heavy atom. The number of hydrogen-bond acceptors (Lipinski definition) is 2. The molecule has 0 spiro atoms. The van der Waals surface area contributed by atoms with Crippen molar-refractivity contribution < 1.29 is 4.74 Å². The highest BCUT2D eigenvalue weighted by molar-refractivity contribution is 6.30. The highest BCUT2D eigenvalue weighted by Gasteiger charge is 2.15. The van der Waals surface area contributed by atoms with Gasteiger partial charge in [0.1, 0.15) is 0 Å². The topological polar surface area (TPSA) is 21.3 Å². The van der Waals surface area contributed by atoms with Gasteiger partial charge in [-0.05, 0) is 70.7 Å². The van der Waals surface area contributed by atoms with Gasteiger partial charge in [-0.3, -0.25) is 0 Å². The van der Waals surface area contributed by atoms with Crippen molar-refractivity contribution in [3.63, 3.8) is 0 Å². The molecule has 0 aliphatic rings. The summed E-state index contributed by atoms with van der Waals surface area (Å²) in [6.07, 6.45) is 2.15. The first kappa shape index (κ1) is 17.5. The van der Waals surface area contributed by atoms with Gasteiger partial charge in [-0.25, -0.2) is 0 Å². The molecule has 0 aliphatic carbocycles. The molecular weight excluding hydrogens is 270 g/mol. The first-order chi connectivity index (χ1) is 9.40. The van der Waals surface area contributed by atoms with Crippen molar-refractivity contribution in [3.8, 4) is 0 Å². The molecule has 1 atom stereocenters. The molecular formula is C17H28ClNO. The highest BCUT2D eigenvalue weighted by atomic mass is 35.5. The minimum atomic E-state index is 0.157. The summed E-state index contributed by atoms with van der Waals surface area (Å²) in [5.74, 6) is 0.585. The summed E-state index contributed by atoms with van der Waals surface area (Å²) in [6.45, 7) is 11.3. The van der Waals surface area contributed by atoms with Gasteiger partial charge in [-0.15, -0.1) is 0 Å². The van der Waals surface area contributed by atoms with Crippen molar-refractivity contribution in [1.82, 2.24) is 5.32 Å². The van der Waals surface area contributed by atoms with Crippen LogP contribution in [0.15, 0.2) is 24.3 Å². The molecule has 0 heterocycles. The molecule has 114 valence electrons. The van der Waals surface area contributed by atoms with E-state index in [-0.39, 0.29) is 5.54 Å². The molecule has 1 N–H and O–H groups in total. The summed E-state index contributed by atoms with van der Waals surface area (Å²) in [5, 5.41) is 4.40. The van der Waals surface area contributed by atoms with Crippen molar-refractivity contribution in [3.05, 3.63) is 34.9 Å². The SMILES string of the molecule is CCOCCC(CNC(C)(C)C)Cc1ccc(Cl)cc1. The Balaban J connectivity index is 2.54. The predicted molar refractivity (Wildman–Crippen MR) is 87.5 cm³/mol. The molecule has 1 rings (SSSR count). The van der Waals surface area contributed by atoms with E-state index in [1.807, 2.05) is 19.1 Å². The van der Waals surface area contributed by atoms with E-state index in [0.717, 1.165) is 37.6 Å². The van der Waals surface area contributed by atoms with Gasteiger partial charge in [0.05, 0.1) is 0 Å². The van der Waals surface area contributed by atoms with Gasteiger partial charge in [0.15, 0.2) is 0 Å². The van der Waals surface area contributed by atoms with E-state index in [1.165, 1.54) is 5.56 Å². The molecule has 0 aromatic heterocycles. The first-order valence-corrected chi connectivity index (χ1v) is 7.85. The third kappa shape index (κ3) is 7.88. The maximum Gasteiger partial charge on any atom is 0.0469 e. The number of hydrogen-bond donors (Lipinski definition) is 1. The zero-order chi connectivity index (χ0) is 15.0. The molecule has 1 unspecified atom stereocenters. The predicted octanol–water partition coefficient (Wildman–Crippen LogP) is 4.31. The van der Waals surface area contributed by atoms with Crippen LogP contribution in [0.1, 0.15) is 39.7 Å². The third-order valence-corrected chi connectivity index (χ3v) is 3.49. The fraction of sp³-hybridized carbons (Fsp3) is 0.647. The molecule has 0 radical (unpaired) electrons. The number of nitrogens with one attached hydrogen (secondary N) is 1. The maximum atomic E-state index is 5.94. The Kier molecular flexibility index (Phi) is 7.57. The third-order valence-electron chi connectivity index (χ3n) is 3.23.